The fourth-order valence-corrected chi connectivity index (χ4v) is 3.99. The summed E-state index contributed by atoms with van der Waals surface area (Å²) in [6, 6.07) is 6.72. The number of hydrogen-bond acceptors (Lipinski definition) is 4. The van der Waals surface area contributed by atoms with Gasteiger partial charge in [-0.15, -0.1) is 0 Å². The largest absolute Gasteiger partial charge is 0.417 e. The molecule has 0 fully saturated rings. The van der Waals surface area contributed by atoms with Crippen LogP contribution in [-0.4, -0.2) is 29.9 Å². The summed E-state index contributed by atoms with van der Waals surface area (Å²) in [5.41, 5.74) is 1.02. The molecular formula is C19H34O4SSi. The van der Waals surface area contributed by atoms with E-state index in [0.717, 1.165) is 18.6 Å². The van der Waals surface area contributed by atoms with E-state index in [1.165, 1.54) is 0 Å². The molecule has 0 N–H and O–H groups in total. The van der Waals surface area contributed by atoms with E-state index in [-0.39, 0.29) is 16.5 Å². The summed E-state index contributed by atoms with van der Waals surface area (Å²) in [6.45, 7) is 16.1. The molecule has 0 aromatic heterocycles. The van der Waals surface area contributed by atoms with Crippen molar-refractivity contribution in [2.45, 2.75) is 70.5 Å². The van der Waals surface area contributed by atoms with Crippen LogP contribution in [0.1, 0.15) is 46.1 Å². The Hall–Kier alpha value is -0.693. The van der Waals surface area contributed by atoms with Crippen LogP contribution in [0.5, 0.6) is 0 Å². The summed E-state index contributed by atoms with van der Waals surface area (Å²) in [6.07, 6.45) is 1.62. The molecule has 0 aliphatic carbocycles. The van der Waals surface area contributed by atoms with Crippen LogP contribution in [0.3, 0.4) is 0 Å². The minimum atomic E-state index is -3.66. The SMILES string of the molecule is Cc1ccc(S(=O)(=O)OCCC(C)CCO[Si](C)(C)C(C)(C)C)cc1. The van der Waals surface area contributed by atoms with E-state index < -0.39 is 18.4 Å². The van der Waals surface area contributed by atoms with Gasteiger partial charge in [0.05, 0.1) is 11.5 Å². The molecule has 0 spiro atoms. The van der Waals surface area contributed by atoms with Gasteiger partial charge in [0.25, 0.3) is 10.1 Å². The Kier molecular flexibility index (Phi) is 7.86. The highest BCUT2D eigenvalue weighted by molar-refractivity contribution is 7.86. The summed E-state index contributed by atoms with van der Waals surface area (Å²) in [5.74, 6) is 0.359. The Balaban J connectivity index is 2.37. The highest BCUT2D eigenvalue weighted by Crippen LogP contribution is 2.36. The molecule has 0 aliphatic heterocycles. The molecule has 0 heterocycles. The van der Waals surface area contributed by atoms with Gasteiger partial charge < -0.3 is 4.43 Å². The van der Waals surface area contributed by atoms with Gasteiger partial charge in [-0.25, -0.2) is 0 Å². The van der Waals surface area contributed by atoms with Crippen LogP contribution in [0.15, 0.2) is 29.2 Å². The summed E-state index contributed by atoms with van der Waals surface area (Å²) < 4.78 is 35.6. The van der Waals surface area contributed by atoms with Crippen molar-refractivity contribution in [1.29, 1.82) is 0 Å². The van der Waals surface area contributed by atoms with E-state index in [1.54, 1.807) is 24.3 Å². The van der Waals surface area contributed by atoms with Crippen molar-refractivity contribution >= 4 is 18.4 Å². The summed E-state index contributed by atoms with van der Waals surface area (Å²) >= 11 is 0. The van der Waals surface area contributed by atoms with Crippen LogP contribution < -0.4 is 0 Å². The lowest BCUT2D eigenvalue weighted by Gasteiger charge is -2.36. The topological polar surface area (TPSA) is 52.6 Å². The Morgan fingerprint density at radius 1 is 1.04 bits per heavy atom. The first-order valence-corrected chi connectivity index (χ1v) is 13.3. The van der Waals surface area contributed by atoms with Crippen LogP contribution in [0.2, 0.25) is 18.1 Å². The van der Waals surface area contributed by atoms with Gasteiger partial charge in [-0.1, -0.05) is 45.4 Å². The van der Waals surface area contributed by atoms with Crippen molar-refractivity contribution in [3.8, 4) is 0 Å². The zero-order chi connectivity index (χ0) is 19.3. The predicted molar refractivity (Wildman–Crippen MR) is 106 cm³/mol. The Bertz CT molecular complexity index is 630. The monoisotopic (exact) mass is 386 g/mol. The Labute approximate surface area is 155 Å². The second kappa shape index (κ2) is 8.80. The first kappa shape index (κ1) is 22.3. The van der Waals surface area contributed by atoms with Crippen molar-refractivity contribution in [2.24, 2.45) is 5.92 Å². The van der Waals surface area contributed by atoms with E-state index in [2.05, 4.69) is 40.8 Å². The first-order chi connectivity index (χ1) is 11.3. The van der Waals surface area contributed by atoms with Gasteiger partial charge in [0, 0.05) is 6.61 Å². The normalized spacial score (nSPS) is 14.5. The zero-order valence-electron chi connectivity index (χ0n) is 16.8. The maximum absolute atomic E-state index is 12.1. The molecule has 1 atom stereocenters. The lowest BCUT2D eigenvalue weighted by atomic mass is 10.1. The van der Waals surface area contributed by atoms with E-state index in [9.17, 15) is 8.42 Å². The van der Waals surface area contributed by atoms with Gasteiger partial charge in [-0.3, -0.25) is 4.18 Å². The lowest BCUT2D eigenvalue weighted by molar-refractivity contribution is 0.235. The highest BCUT2D eigenvalue weighted by Gasteiger charge is 2.36. The van der Waals surface area contributed by atoms with Crippen molar-refractivity contribution < 1.29 is 17.0 Å². The third kappa shape index (κ3) is 7.21. The molecule has 6 heteroatoms. The number of hydrogen-bond donors (Lipinski definition) is 0. The highest BCUT2D eigenvalue weighted by atomic mass is 32.2. The van der Waals surface area contributed by atoms with Gasteiger partial charge in [0.15, 0.2) is 8.32 Å². The molecule has 1 rings (SSSR count). The van der Waals surface area contributed by atoms with E-state index in [4.69, 9.17) is 8.61 Å². The fourth-order valence-electron chi connectivity index (χ4n) is 2.01. The smallest absolute Gasteiger partial charge is 0.296 e. The Morgan fingerprint density at radius 2 is 1.56 bits per heavy atom. The van der Waals surface area contributed by atoms with E-state index >= 15 is 0 Å². The van der Waals surface area contributed by atoms with Gasteiger partial charge in [0.1, 0.15) is 0 Å². The molecule has 0 amide bonds. The van der Waals surface area contributed by atoms with Gasteiger partial charge in [0.2, 0.25) is 0 Å². The van der Waals surface area contributed by atoms with E-state index in [1.807, 2.05) is 6.92 Å². The minimum Gasteiger partial charge on any atom is -0.417 e. The zero-order valence-corrected chi connectivity index (χ0v) is 18.6. The standard InChI is InChI=1S/C19H34O4SSi/c1-16-8-10-18(11-9-16)24(20,21)22-14-12-17(2)13-15-23-25(6,7)19(3,4)5/h8-11,17H,12-15H2,1-7H3. The van der Waals surface area contributed by atoms with Gasteiger partial charge in [-0.2, -0.15) is 8.42 Å². The molecule has 0 aliphatic rings. The third-order valence-electron chi connectivity index (χ3n) is 5.04. The van der Waals surface area contributed by atoms with Gasteiger partial charge in [-0.05, 0) is 55.9 Å². The van der Waals surface area contributed by atoms with Crippen molar-refractivity contribution in [3.05, 3.63) is 29.8 Å². The Morgan fingerprint density at radius 3 is 2.08 bits per heavy atom. The molecule has 0 bridgehead atoms. The van der Waals surface area contributed by atoms with Gasteiger partial charge >= 0.3 is 0 Å². The minimum absolute atomic E-state index is 0.206. The van der Waals surface area contributed by atoms with E-state index in [0.29, 0.717) is 12.3 Å². The van der Waals surface area contributed by atoms with Crippen molar-refractivity contribution in [2.75, 3.05) is 13.2 Å². The molecule has 0 radical (unpaired) electrons. The average Bonchev–Trinajstić information content (AvgIpc) is 2.46. The molecule has 1 unspecified atom stereocenters. The molecule has 25 heavy (non-hydrogen) atoms. The average molecular weight is 387 g/mol. The molecule has 0 saturated carbocycles. The lowest BCUT2D eigenvalue weighted by Crippen LogP contribution is -2.41. The fraction of sp³-hybridized carbons (Fsp3) is 0.684. The molecule has 0 saturated heterocycles. The summed E-state index contributed by atoms with van der Waals surface area (Å²) in [5, 5.41) is 0.210. The number of aryl methyl sites for hydroxylation is 1. The molecule has 1 aromatic carbocycles. The maximum Gasteiger partial charge on any atom is 0.296 e. The van der Waals surface area contributed by atoms with Crippen LogP contribution in [0, 0.1) is 12.8 Å². The second-order valence-corrected chi connectivity index (χ2v) is 14.8. The third-order valence-corrected chi connectivity index (χ3v) is 10.9. The second-order valence-electron chi connectivity index (χ2n) is 8.38. The molecular weight excluding hydrogens is 352 g/mol. The summed E-state index contributed by atoms with van der Waals surface area (Å²) in [4.78, 5) is 0.215. The molecule has 144 valence electrons. The van der Waals surface area contributed by atoms with Crippen LogP contribution in [-0.2, 0) is 18.7 Å². The quantitative estimate of drug-likeness (QED) is 0.435. The predicted octanol–water partition coefficient (Wildman–Crippen LogP) is 5.14. The maximum atomic E-state index is 12.1. The molecule has 1 aromatic rings. The van der Waals surface area contributed by atoms with Crippen molar-refractivity contribution in [3.63, 3.8) is 0 Å². The molecule has 4 nitrogen and oxygen atoms in total. The van der Waals surface area contributed by atoms with Crippen molar-refractivity contribution in [1.82, 2.24) is 0 Å². The first-order valence-electron chi connectivity index (χ1n) is 8.95. The van der Waals surface area contributed by atoms with Crippen LogP contribution in [0.25, 0.3) is 0 Å². The van der Waals surface area contributed by atoms with Crippen LogP contribution in [0.4, 0.5) is 0 Å². The van der Waals surface area contributed by atoms with Crippen LogP contribution >= 0.6 is 0 Å². The number of benzene rings is 1. The summed E-state index contributed by atoms with van der Waals surface area (Å²) in [7, 11) is -5.37. The number of rotatable bonds is 9.